The van der Waals surface area contributed by atoms with Gasteiger partial charge in [0.05, 0.1) is 0 Å². The number of aromatic nitrogens is 2. The summed E-state index contributed by atoms with van der Waals surface area (Å²) in [5.74, 6) is 0.424. The number of nitrogens with zero attached hydrogens (tertiary/aromatic N) is 1. The first-order valence-corrected chi connectivity index (χ1v) is 5.30. The molecule has 0 aliphatic rings. The average Bonchev–Trinajstić information content (AvgIpc) is 2.76. The summed E-state index contributed by atoms with van der Waals surface area (Å²) in [5.41, 5.74) is 2.92. The van der Waals surface area contributed by atoms with Crippen LogP contribution in [0.2, 0.25) is 0 Å². The van der Waals surface area contributed by atoms with Gasteiger partial charge < -0.3 is 10.3 Å². The van der Waals surface area contributed by atoms with E-state index in [4.69, 9.17) is 0 Å². The number of anilines is 2. The van der Waals surface area contributed by atoms with Crippen LogP contribution in [0.3, 0.4) is 0 Å². The van der Waals surface area contributed by atoms with Crippen molar-refractivity contribution in [3.05, 3.63) is 41.7 Å². The van der Waals surface area contributed by atoms with Crippen LogP contribution < -0.4 is 10.6 Å². The Morgan fingerprint density at radius 1 is 1.29 bits per heavy atom. The highest BCUT2D eigenvalue weighted by atomic mass is 16.2. The molecule has 88 valence electrons. The number of benzene rings is 1. The number of imidazole rings is 1. The summed E-state index contributed by atoms with van der Waals surface area (Å²) in [4.78, 5) is 18.4. The Morgan fingerprint density at radius 3 is 2.82 bits per heavy atom. The molecule has 0 unspecified atom stereocenters. The number of carbonyl (C=O) groups excluding carboxylic acids is 1. The molecule has 0 saturated heterocycles. The first kappa shape index (κ1) is 11.2. The topological polar surface area (TPSA) is 69.8 Å². The molecule has 1 heterocycles. The molecule has 0 aliphatic carbocycles. The predicted octanol–water partition coefficient (Wildman–Crippen LogP) is 2.67. The van der Waals surface area contributed by atoms with Gasteiger partial charge >= 0.3 is 6.03 Å². The maximum Gasteiger partial charge on any atom is 0.326 e. The normalized spacial score (nSPS) is 10.0. The molecule has 17 heavy (non-hydrogen) atoms. The highest BCUT2D eigenvalue weighted by molar-refractivity contribution is 5.99. The summed E-state index contributed by atoms with van der Waals surface area (Å²) in [7, 11) is 0. The van der Waals surface area contributed by atoms with Gasteiger partial charge in [0.15, 0.2) is 0 Å². The minimum Gasteiger partial charge on any atom is -0.331 e. The van der Waals surface area contributed by atoms with E-state index in [0.29, 0.717) is 5.95 Å². The highest BCUT2D eigenvalue weighted by Crippen LogP contribution is 2.16. The summed E-state index contributed by atoms with van der Waals surface area (Å²) in [6.07, 6.45) is 3.22. The third-order valence-electron chi connectivity index (χ3n) is 2.37. The van der Waals surface area contributed by atoms with Crippen molar-refractivity contribution in [3.8, 4) is 0 Å². The van der Waals surface area contributed by atoms with Gasteiger partial charge in [-0.1, -0.05) is 12.1 Å². The summed E-state index contributed by atoms with van der Waals surface area (Å²) < 4.78 is 0. The van der Waals surface area contributed by atoms with E-state index in [1.807, 2.05) is 32.0 Å². The van der Waals surface area contributed by atoms with Crippen LogP contribution in [0.4, 0.5) is 16.4 Å². The molecule has 2 amide bonds. The maximum atomic E-state index is 11.7. The number of amides is 2. The first-order chi connectivity index (χ1) is 8.15. The van der Waals surface area contributed by atoms with Crippen LogP contribution in [0.15, 0.2) is 30.6 Å². The number of aromatic amines is 1. The minimum atomic E-state index is -0.311. The summed E-state index contributed by atoms with van der Waals surface area (Å²) in [6, 6.07) is 5.59. The van der Waals surface area contributed by atoms with E-state index >= 15 is 0 Å². The standard InChI is InChI=1S/C12H14N4O/c1-8-3-4-9(2)10(7-8)15-12(17)16-11-13-5-6-14-11/h3-7H,1-2H3,(H3,13,14,15,16,17). The molecule has 0 spiro atoms. The zero-order chi connectivity index (χ0) is 12.3. The Labute approximate surface area is 99.3 Å². The van der Waals surface area contributed by atoms with E-state index < -0.39 is 0 Å². The van der Waals surface area contributed by atoms with Gasteiger partial charge in [0, 0.05) is 18.1 Å². The lowest BCUT2D eigenvalue weighted by molar-refractivity contribution is 0.262. The molecule has 0 aliphatic heterocycles. The van der Waals surface area contributed by atoms with E-state index in [0.717, 1.165) is 16.8 Å². The lowest BCUT2D eigenvalue weighted by Gasteiger charge is -2.09. The van der Waals surface area contributed by atoms with Gasteiger partial charge in [-0.2, -0.15) is 0 Å². The van der Waals surface area contributed by atoms with Crippen molar-refractivity contribution in [1.82, 2.24) is 9.97 Å². The Morgan fingerprint density at radius 2 is 2.12 bits per heavy atom. The van der Waals surface area contributed by atoms with Gasteiger partial charge in [-0.25, -0.2) is 9.78 Å². The molecular weight excluding hydrogens is 216 g/mol. The Balaban J connectivity index is 2.05. The molecule has 3 N–H and O–H groups in total. The number of carbonyl (C=O) groups is 1. The number of hydrogen-bond donors (Lipinski definition) is 3. The number of urea groups is 1. The predicted molar refractivity (Wildman–Crippen MR) is 67.1 cm³/mol. The van der Waals surface area contributed by atoms with Crippen molar-refractivity contribution in [2.75, 3.05) is 10.6 Å². The smallest absolute Gasteiger partial charge is 0.326 e. The van der Waals surface area contributed by atoms with E-state index in [1.54, 1.807) is 12.4 Å². The van der Waals surface area contributed by atoms with E-state index in [2.05, 4.69) is 20.6 Å². The quantitative estimate of drug-likeness (QED) is 0.742. The lowest BCUT2D eigenvalue weighted by atomic mass is 10.1. The molecule has 0 radical (unpaired) electrons. The third kappa shape index (κ3) is 2.84. The van der Waals surface area contributed by atoms with Crippen molar-refractivity contribution in [3.63, 3.8) is 0 Å². The van der Waals surface area contributed by atoms with Crippen LogP contribution in [-0.2, 0) is 0 Å². The monoisotopic (exact) mass is 230 g/mol. The van der Waals surface area contributed by atoms with Crippen LogP contribution in [0, 0.1) is 13.8 Å². The molecule has 5 heteroatoms. The molecular formula is C12H14N4O. The highest BCUT2D eigenvalue weighted by Gasteiger charge is 2.05. The average molecular weight is 230 g/mol. The van der Waals surface area contributed by atoms with Gasteiger partial charge in [0.25, 0.3) is 0 Å². The molecule has 0 bridgehead atoms. The fourth-order valence-electron chi connectivity index (χ4n) is 1.47. The van der Waals surface area contributed by atoms with Crippen molar-refractivity contribution in [1.29, 1.82) is 0 Å². The maximum absolute atomic E-state index is 11.7. The van der Waals surface area contributed by atoms with Crippen molar-refractivity contribution in [2.45, 2.75) is 13.8 Å². The molecule has 1 aromatic carbocycles. The number of hydrogen-bond acceptors (Lipinski definition) is 2. The summed E-state index contributed by atoms with van der Waals surface area (Å²) in [6.45, 7) is 3.93. The molecule has 0 fully saturated rings. The fraction of sp³-hybridized carbons (Fsp3) is 0.167. The van der Waals surface area contributed by atoms with Crippen LogP contribution in [0.5, 0.6) is 0 Å². The van der Waals surface area contributed by atoms with Crippen LogP contribution in [0.1, 0.15) is 11.1 Å². The number of rotatable bonds is 2. The Bertz CT molecular complexity index is 519. The largest absolute Gasteiger partial charge is 0.331 e. The van der Waals surface area contributed by atoms with Gasteiger partial charge in [0.1, 0.15) is 0 Å². The summed E-state index contributed by atoms with van der Waals surface area (Å²) >= 11 is 0. The van der Waals surface area contributed by atoms with Crippen LogP contribution in [-0.4, -0.2) is 16.0 Å². The summed E-state index contributed by atoms with van der Waals surface area (Å²) in [5, 5.41) is 5.38. The zero-order valence-electron chi connectivity index (χ0n) is 9.74. The van der Waals surface area contributed by atoms with Crippen LogP contribution >= 0.6 is 0 Å². The minimum absolute atomic E-state index is 0.311. The molecule has 5 nitrogen and oxygen atoms in total. The van der Waals surface area contributed by atoms with Crippen LogP contribution in [0.25, 0.3) is 0 Å². The van der Waals surface area contributed by atoms with E-state index in [-0.39, 0.29) is 6.03 Å². The van der Waals surface area contributed by atoms with Gasteiger partial charge in [0.2, 0.25) is 5.95 Å². The van der Waals surface area contributed by atoms with Crippen molar-refractivity contribution >= 4 is 17.7 Å². The molecule has 0 saturated carbocycles. The molecule has 1 aromatic heterocycles. The first-order valence-electron chi connectivity index (χ1n) is 5.30. The lowest BCUT2D eigenvalue weighted by Crippen LogP contribution is -2.20. The second-order valence-corrected chi connectivity index (χ2v) is 3.84. The molecule has 0 atom stereocenters. The second-order valence-electron chi connectivity index (χ2n) is 3.84. The number of aryl methyl sites for hydroxylation is 2. The van der Waals surface area contributed by atoms with Gasteiger partial charge in [-0.05, 0) is 31.0 Å². The van der Waals surface area contributed by atoms with E-state index in [9.17, 15) is 4.79 Å². The SMILES string of the molecule is Cc1ccc(C)c(NC(=O)Nc2ncc[nH]2)c1. The Kier molecular flexibility index (Phi) is 3.09. The van der Waals surface area contributed by atoms with Crippen molar-refractivity contribution in [2.24, 2.45) is 0 Å². The fourth-order valence-corrected chi connectivity index (χ4v) is 1.47. The van der Waals surface area contributed by atoms with Gasteiger partial charge in [-0.3, -0.25) is 5.32 Å². The zero-order valence-corrected chi connectivity index (χ0v) is 9.74. The second kappa shape index (κ2) is 4.69. The third-order valence-corrected chi connectivity index (χ3v) is 2.37. The number of nitrogens with one attached hydrogen (secondary N) is 3. The molecule has 2 aromatic rings. The Hall–Kier alpha value is -2.30. The van der Waals surface area contributed by atoms with Gasteiger partial charge in [-0.15, -0.1) is 0 Å². The van der Waals surface area contributed by atoms with Crippen molar-refractivity contribution < 1.29 is 4.79 Å². The number of H-pyrrole nitrogens is 1. The molecule has 2 rings (SSSR count). The van der Waals surface area contributed by atoms with E-state index in [1.165, 1.54) is 0 Å².